The highest BCUT2D eigenvalue weighted by Crippen LogP contribution is 2.42. The van der Waals surface area contributed by atoms with Crippen molar-refractivity contribution in [3.8, 4) is 44.5 Å². The van der Waals surface area contributed by atoms with Gasteiger partial charge in [-0.2, -0.15) is 0 Å². The van der Waals surface area contributed by atoms with Gasteiger partial charge in [-0.3, -0.25) is 0 Å². The molecule has 0 radical (unpaired) electrons. The zero-order valence-corrected chi connectivity index (χ0v) is 32.1. The molecule has 0 unspecified atom stereocenters. The Hall–Kier alpha value is -6.30. The van der Waals surface area contributed by atoms with Crippen LogP contribution in [-0.2, 0) is 0 Å². The molecule has 0 heterocycles. The maximum atomic E-state index is 10.1. The molecule has 2 N–H and O–H groups in total. The number of hydrogen-bond acceptors (Lipinski definition) is 2. The van der Waals surface area contributed by atoms with E-state index in [-0.39, 0.29) is 0 Å². The number of halogens is 1. The molecule has 0 spiro atoms. The van der Waals surface area contributed by atoms with Gasteiger partial charge in [0.1, 0.15) is 0 Å². The minimum absolute atomic E-state index is 0.556. The Bertz CT molecular complexity index is 2870. The molecule has 10 aromatic rings. The lowest BCUT2D eigenvalue weighted by molar-refractivity contribution is 0.426. The lowest BCUT2D eigenvalue weighted by atomic mass is 9.72. The first-order chi connectivity index (χ1) is 27.6. The summed E-state index contributed by atoms with van der Waals surface area (Å²) < 4.78 is 1.17. The molecule has 0 saturated heterocycles. The monoisotopic (exact) mass is 782 g/mol. The van der Waals surface area contributed by atoms with Gasteiger partial charge in [0.2, 0.25) is 0 Å². The fourth-order valence-electron chi connectivity index (χ4n) is 8.06. The van der Waals surface area contributed by atoms with E-state index in [2.05, 4.69) is 155 Å². The smallest absolute Gasteiger partial charge is 0.423 e. The second-order valence-electron chi connectivity index (χ2n) is 13.9. The van der Waals surface area contributed by atoms with E-state index in [1.165, 1.54) is 59.4 Å². The Labute approximate surface area is 335 Å². The van der Waals surface area contributed by atoms with Crippen LogP contribution in [0.3, 0.4) is 0 Å². The van der Waals surface area contributed by atoms with Gasteiger partial charge in [-0.1, -0.05) is 206 Å². The fourth-order valence-corrected chi connectivity index (χ4v) is 8.75. The Kier molecular flexibility index (Phi) is 9.77. The Morgan fingerprint density at radius 3 is 0.857 bits per heavy atom. The molecule has 10 rings (SSSR count). The standard InChI is InChI=1S/C26H19BO2.C26H17Br/c28-27(29)26-23-12-6-4-10-21(23)25(22-11-5-7-13-24(22)26)20-16-14-19(15-17-20)18-8-2-1-3-9-18;27-26-23-12-6-4-10-21(23)25(22-11-5-7-13-24(22)26)20-16-14-19(15-17-20)18-8-2-1-3-9-18/h1-17,28-29H;1-17H. The second-order valence-corrected chi connectivity index (χ2v) is 14.7. The van der Waals surface area contributed by atoms with Crippen molar-refractivity contribution in [1.29, 1.82) is 0 Å². The van der Waals surface area contributed by atoms with Crippen molar-refractivity contribution in [3.63, 3.8) is 0 Å². The first kappa shape index (κ1) is 35.4. The molecule has 0 aliphatic carbocycles. The molecule has 4 heteroatoms. The minimum atomic E-state index is -1.53. The van der Waals surface area contributed by atoms with Crippen LogP contribution in [0.25, 0.3) is 87.6 Å². The third-order valence-electron chi connectivity index (χ3n) is 10.7. The van der Waals surface area contributed by atoms with Crippen LogP contribution in [-0.4, -0.2) is 17.2 Å². The molecular formula is C52H36BBrO2. The first-order valence-electron chi connectivity index (χ1n) is 18.8. The first-order valence-corrected chi connectivity index (χ1v) is 19.6. The number of hydrogen-bond donors (Lipinski definition) is 2. The van der Waals surface area contributed by atoms with Crippen molar-refractivity contribution < 1.29 is 10.0 Å². The van der Waals surface area contributed by atoms with Gasteiger partial charge in [0.25, 0.3) is 0 Å². The summed E-state index contributed by atoms with van der Waals surface area (Å²) in [5, 5.41) is 29.0. The second kappa shape index (κ2) is 15.4. The van der Waals surface area contributed by atoms with Gasteiger partial charge in [0.15, 0.2) is 0 Å². The third kappa shape index (κ3) is 6.59. The molecule has 266 valence electrons. The summed E-state index contributed by atoms with van der Waals surface area (Å²) in [5.74, 6) is 0. The topological polar surface area (TPSA) is 40.5 Å². The summed E-state index contributed by atoms with van der Waals surface area (Å²) >= 11 is 3.83. The van der Waals surface area contributed by atoms with E-state index in [4.69, 9.17) is 0 Å². The van der Waals surface area contributed by atoms with Gasteiger partial charge in [0, 0.05) is 4.47 Å². The third-order valence-corrected chi connectivity index (χ3v) is 11.5. The summed E-state index contributed by atoms with van der Waals surface area (Å²) in [4.78, 5) is 0. The molecule has 0 fully saturated rings. The fraction of sp³-hybridized carbons (Fsp3) is 0. The average Bonchev–Trinajstić information content (AvgIpc) is 3.26. The molecule has 0 saturated carbocycles. The zero-order chi connectivity index (χ0) is 38.0. The maximum absolute atomic E-state index is 10.1. The van der Waals surface area contributed by atoms with E-state index in [1.54, 1.807) is 0 Å². The molecule has 0 aliphatic rings. The SMILES string of the molecule is Brc1c2ccccc2c(-c2ccc(-c3ccccc3)cc2)c2ccccc12.OB(O)c1c2ccccc2c(-c2ccc(-c3ccccc3)cc2)c2ccccc12. The van der Waals surface area contributed by atoms with Crippen LogP contribution < -0.4 is 5.46 Å². The molecule has 56 heavy (non-hydrogen) atoms. The maximum Gasteiger partial charge on any atom is 0.489 e. The lowest BCUT2D eigenvalue weighted by Gasteiger charge is -2.17. The van der Waals surface area contributed by atoms with Gasteiger partial charge in [0.05, 0.1) is 0 Å². The number of rotatable bonds is 5. The predicted octanol–water partition coefficient (Wildman–Crippen LogP) is 13.1. The quantitative estimate of drug-likeness (QED) is 0.135. The minimum Gasteiger partial charge on any atom is -0.423 e. The van der Waals surface area contributed by atoms with E-state index >= 15 is 0 Å². The van der Waals surface area contributed by atoms with Crippen molar-refractivity contribution >= 4 is 71.6 Å². The Balaban J connectivity index is 0.000000147. The van der Waals surface area contributed by atoms with Crippen LogP contribution in [0.4, 0.5) is 0 Å². The van der Waals surface area contributed by atoms with E-state index in [9.17, 15) is 10.0 Å². The van der Waals surface area contributed by atoms with Gasteiger partial charge >= 0.3 is 7.12 Å². The zero-order valence-electron chi connectivity index (χ0n) is 30.5. The van der Waals surface area contributed by atoms with Crippen molar-refractivity contribution in [1.82, 2.24) is 0 Å². The van der Waals surface area contributed by atoms with Crippen LogP contribution in [0, 0.1) is 0 Å². The highest BCUT2D eigenvalue weighted by molar-refractivity contribution is 9.10. The van der Waals surface area contributed by atoms with Crippen LogP contribution >= 0.6 is 15.9 Å². The van der Waals surface area contributed by atoms with Crippen molar-refractivity contribution in [2.24, 2.45) is 0 Å². The van der Waals surface area contributed by atoms with Crippen molar-refractivity contribution in [2.45, 2.75) is 0 Å². The summed E-state index contributed by atoms with van der Waals surface area (Å²) in [5.41, 5.74) is 10.2. The van der Waals surface area contributed by atoms with E-state index in [0.717, 1.165) is 32.7 Å². The molecule has 0 bridgehead atoms. The molecule has 0 amide bonds. The molecule has 10 aromatic carbocycles. The largest absolute Gasteiger partial charge is 0.489 e. The van der Waals surface area contributed by atoms with Crippen LogP contribution in [0.15, 0.2) is 211 Å². The summed E-state index contributed by atoms with van der Waals surface area (Å²) in [6, 6.07) is 71.5. The Morgan fingerprint density at radius 2 is 0.518 bits per heavy atom. The van der Waals surface area contributed by atoms with E-state index in [0.29, 0.717) is 5.46 Å². The van der Waals surface area contributed by atoms with Crippen molar-refractivity contribution in [2.75, 3.05) is 0 Å². The van der Waals surface area contributed by atoms with Crippen LogP contribution in [0.2, 0.25) is 0 Å². The van der Waals surface area contributed by atoms with Gasteiger partial charge in [-0.15, -0.1) is 0 Å². The normalized spacial score (nSPS) is 11.1. The van der Waals surface area contributed by atoms with Crippen LogP contribution in [0.5, 0.6) is 0 Å². The molecule has 0 aliphatic heterocycles. The Morgan fingerprint density at radius 1 is 0.268 bits per heavy atom. The molecular weight excluding hydrogens is 747 g/mol. The number of fused-ring (bicyclic) bond motifs is 4. The van der Waals surface area contributed by atoms with E-state index < -0.39 is 7.12 Å². The van der Waals surface area contributed by atoms with E-state index in [1.807, 2.05) is 66.7 Å². The average molecular weight is 784 g/mol. The van der Waals surface area contributed by atoms with Crippen molar-refractivity contribution in [3.05, 3.63) is 211 Å². The highest BCUT2D eigenvalue weighted by Gasteiger charge is 2.22. The molecule has 2 nitrogen and oxygen atoms in total. The molecule has 0 atom stereocenters. The highest BCUT2D eigenvalue weighted by atomic mass is 79.9. The summed E-state index contributed by atoms with van der Waals surface area (Å²) in [6.07, 6.45) is 0. The van der Waals surface area contributed by atoms with Gasteiger partial charge in [-0.25, -0.2) is 0 Å². The van der Waals surface area contributed by atoms with Crippen LogP contribution in [0.1, 0.15) is 0 Å². The number of benzene rings is 10. The summed E-state index contributed by atoms with van der Waals surface area (Å²) in [7, 11) is -1.53. The predicted molar refractivity (Wildman–Crippen MR) is 242 cm³/mol. The van der Waals surface area contributed by atoms with Gasteiger partial charge in [-0.05, 0) is 109 Å². The molecule has 0 aromatic heterocycles. The van der Waals surface area contributed by atoms with Gasteiger partial charge < -0.3 is 10.0 Å². The lowest BCUT2D eigenvalue weighted by Crippen LogP contribution is -2.31. The summed E-state index contributed by atoms with van der Waals surface area (Å²) in [6.45, 7) is 0.